The minimum absolute atomic E-state index is 0.256. The van der Waals surface area contributed by atoms with Gasteiger partial charge in [0.15, 0.2) is 0 Å². The highest BCUT2D eigenvalue weighted by molar-refractivity contribution is 6.05. The average Bonchev–Trinajstić information content (AvgIpc) is 2.48. The molecule has 4 amide bonds. The molecule has 1 aromatic carbocycles. The van der Waals surface area contributed by atoms with Gasteiger partial charge in [-0.3, -0.25) is 14.5 Å². The monoisotopic (exact) mass is 304 g/mol. The van der Waals surface area contributed by atoms with Gasteiger partial charge < -0.3 is 16.4 Å². The van der Waals surface area contributed by atoms with Gasteiger partial charge in [0.05, 0.1) is 11.6 Å². The molecule has 4 N–H and O–H groups in total. The summed E-state index contributed by atoms with van der Waals surface area (Å²) in [6, 6.07) is 4.22. The standard InChI is InChI=1S/C15H20N4O3/c1-10-4-2-6-12(16)13(10)14(21)19(9-20)11-5-3-7-18(8-11)15(17)22/h2,4,6,9,11H,3,5,7-8,16H2,1H3,(H2,17,22). The van der Waals surface area contributed by atoms with Crippen LogP contribution in [-0.2, 0) is 4.79 Å². The number of hydrogen-bond acceptors (Lipinski definition) is 4. The molecule has 1 fully saturated rings. The predicted octanol–water partition coefficient (Wildman–Crippen LogP) is 0.719. The normalized spacial score (nSPS) is 17.9. The lowest BCUT2D eigenvalue weighted by Crippen LogP contribution is -2.52. The van der Waals surface area contributed by atoms with E-state index in [1.54, 1.807) is 25.1 Å². The second-order valence-electron chi connectivity index (χ2n) is 5.44. The summed E-state index contributed by atoms with van der Waals surface area (Å²) in [6.07, 6.45) is 1.83. The first kappa shape index (κ1) is 15.8. The molecule has 1 saturated heterocycles. The van der Waals surface area contributed by atoms with Crippen molar-refractivity contribution >= 4 is 24.0 Å². The van der Waals surface area contributed by atoms with Crippen LogP contribution in [0.5, 0.6) is 0 Å². The van der Waals surface area contributed by atoms with E-state index in [0.29, 0.717) is 42.6 Å². The number of nitrogens with two attached hydrogens (primary N) is 2. The van der Waals surface area contributed by atoms with Gasteiger partial charge in [0, 0.05) is 18.8 Å². The lowest BCUT2D eigenvalue weighted by Gasteiger charge is -2.36. The van der Waals surface area contributed by atoms with E-state index in [2.05, 4.69) is 0 Å². The third-order valence-electron chi connectivity index (χ3n) is 3.97. The molecule has 1 unspecified atom stereocenters. The molecule has 0 saturated carbocycles. The fraction of sp³-hybridized carbons (Fsp3) is 0.400. The molecule has 1 aliphatic rings. The molecule has 1 atom stereocenters. The number of rotatable bonds is 3. The Hall–Kier alpha value is -2.57. The van der Waals surface area contributed by atoms with Gasteiger partial charge >= 0.3 is 6.03 Å². The fourth-order valence-corrected chi connectivity index (χ4v) is 2.79. The summed E-state index contributed by atoms with van der Waals surface area (Å²) in [5.41, 5.74) is 12.5. The molecular weight excluding hydrogens is 284 g/mol. The predicted molar refractivity (Wildman–Crippen MR) is 82.0 cm³/mol. The van der Waals surface area contributed by atoms with Crippen LogP contribution in [-0.4, -0.2) is 47.3 Å². The number of piperidine rings is 1. The Kier molecular flexibility index (Phi) is 4.65. The molecule has 0 bridgehead atoms. The van der Waals surface area contributed by atoms with Crippen LogP contribution in [0.15, 0.2) is 18.2 Å². The van der Waals surface area contributed by atoms with E-state index in [9.17, 15) is 14.4 Å². The van der Waals surface area contributed by atoms with Crippen molar-refractivity contribution in [2.75, 3.05) is 18.8 Å². The van der Waals surface area contributed by atoms with Crippen LogP contribution in [0.3, 0.4) is 0 Å². The largest absolute Gasteiger partial charge is 0.398 e. The van der Waals surface area contributed by atoms with Crippen LogP contribution >= 0.6 is 0 Å². The van der Waals surface area contributed by atoms with Gasteiger partial charge in [-0.1, -0.05) is 12.1 Å². The van der Waals surface area contributed by atoms with Gasteiger partial charge in [-0.2, -0.15) is 0 Å². The molecule has 0 spiro atoms. The zero-order valence-corrected chi connectivity index (χ0v) is 12.5. The number of likely N-dealkylation sites (tertiary alicyclic amines) is 1. The molecule has 0 radical (unpaired) electrons. The van der Waals surface area contributed by atoms with E-state index >= 15 is 0 Å². The van der Waals surface area contributed by atoms with E-state index in [1.165, 1.54) is 4.90 Å². The Morgan fingerprint density at radius 3 is 2.73 bits per heavy atom. The van der Waals surface area contributed by atoms with Crippen LogP contribution < -0.4 is 11.5 Å². The van der Waals surface area contributed by atoms with Gasteiger partial charge in [0.1, 0.15) is 0 Å². The van der Waals surface area contributed by atoms with Crippen molar-refractivity contribution in [2.45, 2.75) is 25.8 Å². The summed E-state index contributed by atoms with van der Waals surface area (Å²) in [5.74, 6) is -0.443. The van der Waals surface area contributed by atoms with Gasteiger partial charge in [-0.15, -0.1) is 0 Å². The molecule has 118 valence electrons. The summed E-state index contributed by atoms with van der Waals surface area (Å²) in [6.45, 7) is 2.56. The first-order chi connectivity index (χ1) is 10.5. The van der Waals surface area contributed by atoms with Gasteiger partial charge in [-0.05, 0) is 31.4 Å². The lowest BCUT2D eigenvalue weighted by atomic mass is 10.0. The van der Waals surface area contributed by atoms with E-state index in [-0.39, 0.29) is 12.6 Å². The van der Waals surface area contributed by atoms with Crippen LogP contribution in [0, 0.1) is 6.92 Å². The number of nitrogens with zero attached hydrogens (tertiary/aromatic N) is 2. The molecule has 22 heavy (non-hydrogen) atoms. The highest BCUT2D eigenvalue weighted by Crippen LogP contribution is 2.22. The van der Waals surface area contributed by atoms with Crippen LogP contribution in [0.25, 0.3) is 0 Å². The van der Waals surface area contributed by atoms with Crippen molar-refractivity contribution in [2.24, 2.45) is 5.73 Å². The Labute approximate surface area is 128 Å². The molecule has 1 aliphatic heterocycles. The third kappa shape index (κ3) is 3.03. The summed E-state index contributed by atoms with van der Waals surface area (Å²) in [4.78, 5) is 38.0. The van der Waals surface area contributed by atoms with Crippen molar-refractivity contribution in [3.63, 3.8) is 0 Å². The molecule has 0 aliphatic carbocycles. The van der Waals surface area contributed by atoms with Crippen molar-refractivity contribution in [1.82, 2.24) is 9.80 Å². The number of carbonyl (C=O) groups excluding carboxylic acids is 3. The Morgan fingerprint density at radius 2 is 2.14 bits per heavy atom. The SMILES string of the molecule is Cc1cccc(N)c1C(=O)N(C=O)C1CCCN(C(N)=O)C1. The highest BCUT2D eigenvalue weighted by atomic mass is 16.2. The molecule has 2 rings (SSSR count). The van der Waals surface area contributed by atoms with Crippen LogP contribution in [0.2, 0.25) is 0 Å². The van der Waals surface area contributed by atoms with Crippen LogP contribution in [0.1, 0.15) is 28.8 Å². The highest BCUT2D eigenvalue weighted by Gasteiger charge is 2.31. The van der Waals surface area contributed by atoms with Crippen molar-refractivity contribution in [3.8, 4) is 0 Å². The summed E-state index contributed by atoms with van der Waals surface area (Å²) >= 11 is 0. The number of imide groups is 1. The number of hydrogen-bond donors (Lipinski definition) is 2. The summed E-state index contributed by atoms with van der Waals surface area (Å²) in [7, 11) is 0. The van der Waals surface area contributed by atoms with E-state index < -0.39 is 11.9 Å². The first-order valence-corrected chi connectivity index (χ1v) is 7.13. The number of primary amides is 1. The minimum atomic E-state index is -0.543. The summed E-state index contributed by atoms with van der Waals surface area (Å²) < 4.78 is 0. The third-order valence-corrected chi connectivity index (χ3v) is 3.97. The fourth-order valence-electron chi connectivity index (χ4n) is 2.79. The molecule has 7 nitrogen and oxygen atoms in total. The number of anilines is 1. The molecule has 1 heterocycles. The Balaban J connectivity index is 2.26. The zero-order chi connectivity index (χ0) is 16.3. The number of urea groups is 1. The van der Waals surface area contributed by atoms with Gasteiger partial charge in [0.25, 0.3) is 5.91 Å². The molecule has 0 aromatic heterocycles. The maximum atomic E-state index is 12.7. The van der Waals surface area contributed by atoms with Crippen LogP contribution in [0.4, 0.5) is 10.5 Å². The first-order valence-electron chi connectivity index (χ1n) is 7.13. The molecular formula is C15H20N4O3. The lowest BCUT2D eigenvalue weighted by molar-refractivity contribution is -0.118. The van der Waals surface area contributed by atoms with E-state index in [1.807, 2.05) is 0 Å². The van der Waals surface area contributed by atoms with Gasteiger partial charge in [0.2, 0.25) is 6.41 Å². The molecule has 1 aromatic rings. The topological polar surface area (TPSA) is 110 Å². The van der Waals surface area contributed by atoms with E-state index in [4.69, 9.17) is 11.5 Å². The Bertz CT molecular complexity index is 582. The summed E-state index contributed by atoms with van der Waals surface area (Å²) in [5, 5.41) is 0. The maximum Gasteiger partial charge on any atom is 0.314 e. The Morgan fingerprint density at radius 1 is 1.41 bits per heavy atom. The minimum Gasteiger partial charge on any atom is -0.398 e. The smallest absolute Gasteiger partial charge is 0.314 e. The van der Waals surface area contributed by atoms with Crippen molar-refractivity contribution in [1.29, 1.82) is 0 Å². The van der Waals surface area contributed by atoms with Crippen molar-refractivity contribution < 1.29 is 14.4 Å². The number of aryl methyl sites for hydroxylation is 1. The number of nitrogen functional groups attached to an aromatic ring is 1. The number of amides is 4. The van der Waals surface area contributed by atoms with Crippen molar-refractivity contribution in [3.05, 3.63) is 29.3 Å². The maximum absolute atomic E-state index is 12.7. The molecule has 7 heteroatoms. The number of benzene rings is 1. The second-order valence-corrected chi connectivity index (χ2v) is 5.44. The quantitative estimate of drug-likeness (QED) is 0.633. The van der Waals surface area contributed by atoms with E-state index in [0.717, 1.165) is 4.90 Å². The second kappa shape index (κ2) is 6.46. The average molecular weight is 304 g/mol. The van der Waals surface area contributed by atoms with Gasteiger partial charge in [-0.25, -0.2) is 4.79 Å². The zero-order valence-electron chi connectivity index (χ0n) is 12.5. The number of carbonyl (C=O) groups is 3.